The van der Waals surface area contributed by atoms with E-state index in [0.29, 0.717) is 14.8 Å². The third kappa shape index (κ3) is 3.82. The van der Waals surface area contributed by atoms with Crippen molar-refractivity contribution in [2.75, 3.05) is 13.7 Å². The van der Waals surface area contributed by atoms with Crippen LogP contribution in [0.25, 0.3) is 0 Å². The first-order chi connectivity index (χ1) is 7.97. The number of rotatable bonds is 4. The van der Waals surface area contributed by atoms with Crippen molar-refractivity contribution in [1.82, 2.24) is 10.3 Å². The predicted octanol–water partition coefficient (Wildman–Crippen LogP) is 2.60. The largest absolute Gasteiger partial charge is 0.469 e. The highest BCUT2D eigenvalue weighted by Gasteiger charge is 2.17. The van der Waals surface area contributed by atoms with Crippen LogP contribution in [-0.4, -0.2) is 30.5 Å². The van der Waals surface area contributed by atoms with E-state index in [4.69, 9.17) is 0 Å². The van der Waals surface area contributed by atoms with Crippen LogP contribution in [-0.2, 0) is 9.53 Å². The quantitative estimate of drug-likeness (QED) is 0.718. The zero-order valence-corrected chi connectivity index (χ0v) is 13.5. The number of aromatic amines is 1. The van der Waals surface area contributed by atoms with Crippen LogP contribution in [0, 0.1) is 0 Å². The van der Waals surface area contributed by atoms with Crippen LogP contribution >= 0.6 is 47.8 Å². The van der Waals surface area contributed by atoms with E-state index in [1.54, 1.807) is 0 Å². The van der Waals surface area contributed by atoms with E-state index in [9.17, 15) is 9.59 Å². The first-order valence-electron chi connectivity index (χ1n) is 4.54. The molecule has 0 atom stereocenters. The minimum Gasteiger partial charge on any atom is -0.469 e. The van der Waals surface area contributed by atoms with Crippen LogP contribution in [0.3, 0.4) is 0 Å². The van der Waals surface area contributed by atoms with Crippen LogP contribution < -0.4 is 5.32 Å². The molecule has 1 aromatic heterocycles. The molecule has 0 saturated heterocycles. The Labute approximate surface area is 123 Å². The minimum atomic E-state index is -0.363. The maximum absolute atomic E-state index is 11.7. The van der Waals surface area contributed by atoms with Crippen molar-refractivity contribution in [2.45, 2.75) is 6.42 Å². The first kappa shape index (κ1) is 14.7. The van der Waals surface area contributed by atoms with Crippen molar-refractivity contribution < 1.29 is 14.3 Å². The molecule has 1 aromatic rings. The van der Waals surface area contributed by atoms with Gasteiger partial charge in [-0.3, -0.25) is 9.59 Å². The van der Waals surface area contributed by atoms with Gasteiger partial charge in [0.1, 0.15) is 5.69 Å². The molecule has 17 heavy (non-hydrogen) atoms. The van der Waals surface area contributed by atoms with Gasteiger partial charge in [-0.15, -0.1) is 0 Å². The predicted molar refractivity (Wildman–Crippen MR) is 72.9 cm³/mol. The summed E-state index contributed by atoms with van der Waals surface area (Å²) in [6.45, 7) is 0.228. The fraction of sp³-hybridized carbons (Fsp3) is 0.333. The van der Waals surface area contributed by atoms with Gasteiger partial charge in [-0.1, -0.05) is 0 Å². The standard InChI is InChI=1S/C9H9Br3N2O3/c1-17-4(15)2-3-13-9(16)7-5(10)6(11)8(12)14-7/h14H,2-3H2,1H3,(H,13,16). The SMILES string of the molecule is COC(=O)CCNC(=O)c1[nH]c(Br)c(Br)c1Br. The van der Waals surface area contributed by atoms with Gasteiger partial charge in [-0.2, -0.15) is 0 Å². The number of hydrogen-bond donors (Lipinski definition) is 2. The van der Waals surface area contributed by atoms with Gasteiger partial charge in [0.2, 0.25) is 0 Å². The molecule has 94 valence electrons. The Morgan fingerprint density at radius 2 is 1.94 bits per heavy atom. The topological polar surface area (TPSA) is 71.2 Å². The number of carbonyl (C=O) groups is 2. The fourth-order valence-corrected chi connectivity index (χ4v) is 2.49. The summed E-state index contributed by atoms with van der Waals surface area (Å²) in [5.74, 6) is -0.662. The number of carbonyl (C=O) groups excluding carboxylic acids is 2. The highest BCUT2D eigenvalue weighted by atomic mass is 79.9. The molecule has 0 aliphatic heterocycles. The Morgan fingerprint density at radius 1 is 1.29 bits per heavy atom. The molecule has 1 heterocycles. The number of ether oxygens (including phenoxy) is 1. The molecule has 2 N–H and O–H groups in total. The fourth-order valence-electron chi connectivity index (χ4n) is 1.05. The van der Waals surface area contributed by atoms with E-state index in [1.165, 1.54) is 7.11 Å². The Hall–Kier alpha value is -0.340. The van der Waals surface area contributed by atoms with Gasteiger partial charge in [0, 0.05) is 6.54 Å². The third-order valence-electron chi connectivity index (χ3n) is 1.91. The van der Waals surface area contributed by atoms with Crippen molar-refractivity contribution in [3.05, 3.63) is 19.2 Å². The molecule has 0 aromatic carbocycles. The van der Waals surface area contributed by atoms with Gasteiger partial charge in [0.05, 0.1) is 27.1 Å². The second-order valence-corrected chi connectivity index (χ2v) is 5.40. The van der Waals surface area contributed by atoms with E-state index in [2.05, 4.69) is 62.8 Å². The average molecular weight is 433 g/mol. The summed E-state index contributed by atoms with van der Waals surface area (Å²) < 4.78 is 6.49. The summed E-state index contributed by atoms with van der Waals surface area (Å²) in [6.07, 6.45) is 0.142. The summed E-state index contributed by atoms with van der Waals surface area (Å²) in [5, 5.41) is 2.60. The maximum atomic E-state index is 11.7. The van der Waals surface area contributed by atoms with Gasteiger partial charge in [-0.05, 0) is 47.8 Å². The molecular formula is C9H9Br3N2O3. The number of H-pyrrole nitrogens is 1. The van der Waals surface area contributed by atoms with Crippen LogP contribution in [0.15, 0.2) is 13.5 Å². The van der Waals surface area contributed by atoms with Crippen molar-refractivity contribution >= 4 is 59.7 Å². The Bertz CT molecular complexity index is 445. The molecule has 0 aliphatic carbocycles. The maximum Gasteiger partial charge on any atom is 0.307 e. The van der Waals surface area contributed by atoms with Crippen molar-refractivity contribution in [1.29, 1.82) is 0 Å². The summed E-state index contributed by atoms with van der Waals surface area (Å²) >= 11 is 9.82. The zero-order valence-electron chi connectivity index (χ0n) is 8.77. The Balaban J connectivity index is 2.59. The lowest BCUT2D eigenvalue weighted by molar-refractivity contribution is -0.140. The van der Waals surface area contributed by atoms with E-state index < -0.39 is 0 Å². The molecule has 0 unspecified atom stereocenters. The van der Waals surface area contributed by atoms with Crippen molar-refractivity contribution in [3.8, 4) is 0 Å². The number of esters is 1. The molecule has 1 amide bonds. The van der Waals surface area contributed by atoms with E-state index in [1.807, 2.05) is 0 Å². The lowest BCUT2D eigenvalue weighted by Crippen LogP contribution is -2.26. The molecular weight excluding hydrogens is 424 g/mol. The smallest absolute Gasteiger partial charge is 0.307 e. The monoisotopic (exact) mass is 430 g/mol. The van der Waals surface area contributed by atoms with Crippen LogP contribution in [0.4, 0.5) is 0 Å². The van der Waals surface area contributed by atoms with Gasteiger partial charge in [0.15, 0.2) is 0 Å². The second-order valence-electron chi connectivity index (χ2n) is 3.02. The highest BCUT2D eigenvalue weighted by Crippen LogP contribution is 2.33. The van der Waals surface area contributed by atoms with E-state index in [0.717, 1.165) is 4.47 Å². The third-order valence-corrected chi connectivity index (χ3v) is 5.15. The van der Waals surface area contributed by atoms with Gasteiger partial charge < -0.3 is 15.0 Å². The summed E-state index contributed by atoms with van der Waals surface area (Å²) in [4.78, 5) is 25.4. The Kier molecular flexibility index (Phi) is 5.68. The number of methoxy groups -OCH3 is 1. The molecule has 0 saturated carbocycles. The zero-order chi connectivity index (χ0) is 13.0. The van der Waals surface area contributed by atoms with Gasteiger partial charge >= 0.3 is 5.97 Å². The van der Waals surface area contributed by atoms with Crippen LogP contribution in [0.2, 0.25) is 0 Å². The molecule has 0 aliphatic rings. The van der Waals surface area contributed by atoms with Gasteiger partial charge in [0.25, 0.3) is 5.91 Å². The summed E-state index contributed by atoms with van der Waals surface area (Å²) in [7, 11) is 1.31. The van der Waals surface area contributed by atoms with E-state index in [-0.39, 0.29) is 24.8 Å². The minimum absolute atomic E-state index is 0.142. The molecule has 0 radical (unpaired) electrons. The molecule has 5 nitrogen and oxygen atoms in total. The highest BCUT2D eigenvalue weighted by molar-refractivity contribution is 9.14. The van der Waals surface area contributed by atoms with Gasteiger partial charge in [-0.25, -0.2) is 0 Å². The molecule has 0 fully saturated rings. The van der Waals surface area contributed by atoms with Crippen molar-refractivity contribution in [2.24, 2.45) is 0 Å². The summed E-state index contributed by atoms with van der Waals surface area (Å²) in [6, 6.07) is 0. The molecule has 0 spiro atoms. The number of hydrogen-bond acceptors (Lipinski definition) is 3. The van der Waals surface area contributed by atoms with Crippen LogP contribution in [0.5, 0.6) is 0 Å². The summed E-state index contributed by atoms with van der Waals surface area (Å²) in [5.41, 5.74) is 0.383. The molecule has 8 heteroatoms. The number of amides is 1. The number of nitrogens with one attached hydrogen (secondary N) is 2. The number of halogens is 3. The molecule has 0 bridgehead atoms. The lowest BCUT2D eigenvalue weighted by atomic mass is 10.3. The number of aromatic nitrogens is 1. The lowest BCUT2D eigenvalue weighted by Gasteiger charge is -2.03. The normalized spacial score (nSPS) is 10.1. The Morgan fingerprint density at radius 3 is 2.41 bits per heavy atom. The second kappa shape index (κ2) is 6.55. The van der Waals surface area contributed by atoms with Crippen molar-refractivity contribution in [3.63, 3.8) is 0 Å². The van der Waals surface area contributed by atoms with Crippen LogP contribution in [0.1, 0.15) is 16.9 Å². The average Bonchev–Trinajstić information content (AvgIpc) is 2.56. The molecule has 1 rings (SSSR count). The van der Waals surface area contributed by atoms with E-state index >= 15 is 0 Å². The first-order valence-corrected chi connectivity index (χ1v) is 6.92.